The predicted octanol–water partition coefficient (Wildman–Crippen LogP) is 4.28. The van der Waals surface area contributed by atoms with Gasteiger partial charge in [0.2, 0.25) is 5.88 Å². The Bertz CT molecular complexity index is 1110. The molecule has 0 spiro atoms. The molecule has 1 aromatic heterocycles. The van der Waals surface area contributed by atoms with Gasteiger partial charge in [-0.25, -0.2) is 0 Å². The number of ether oxygens (including phenoxy) is 1. The van der Waals surface area contributed by atoms with E-state index in [1.165, 1.54) is 0 Å². The smallest absolute Gasteiger partial charge is 0.205 e. The number of nitrogens with zero attached hydrogens (tertiary/aromatic N) is 2. The lowest BCUT2D eigenvalue weighted by molar-refractivity contribution is -0.119. The highest BCUT2D eigenvalue weighted by Crippen LogP contribution is 2.49. The summed E-state index contributed by atoms with van der Waals surface area (Å²) in [5.41, 5.74) is 8.75. The molecule has 1 aliphatic heterocycles. The average molecular weight is 373 g/mol. The van der Waals surface area contributed by atoms with E-state index in [0.717, 1.165) is 16.5 Å². The van der Waals surface area contributed by atoms with E-state index in [-0.39, 0.29) is 17.1 Å². The molecule has 5 nitrogen and oxygen atoms in total. The molecule has 28 heavy (non-hydrogen) atoms. The molecule has 0 radical (unpaired) electrons. The van der Waals surface area contributed by atoms with Gasteiger partial charge in [0.15, 0.2) is 5.78 Å². The van der Waals surface area contributed by atoms with Gasteiger partial charge < -0.3 is 15.0 Å². The van der Waals surface area contributed by atoms with E-state index < -0.39 is 5.92 Å². The zero-order valence-electron chi connectivity index (χ0n) is 16.2. The maximum Gasteiger partial charge on any atom is 0.205 e. The zero-order chi connectivity index (χ0) is 20.1. The van der Waals surface area contributed by atoms with Gasteiger partial charge in [-0.15, -0.1) is 6.58 Å². The second-order valence-corrected chi connectivity index (χ2v) is 8.25. The molecule has 142 valence electrons. The Morgan fingerprint density at radius 3 is 2.86 bits per heavy atom. The number of para-hydroxylation sites is 1. The Hall–Kier alpha value is -3.26. The largest absolute Gasteiger partial charge is 0.444 e. The van der Waals surface area contributed by atoms with E-state index in [9.17, 15) is 10.1 Å². The molecule has 1 aromatic carbocycles. The number of aromatic nitrogens is 1. The van der Waals surface area contributed by atoms with E-state index in [4.69, 9.17) is 10.5 Å². The number of carbonyl (C=O) groups is 1. The van der Waals surface area contributed by atoms with E-state index in [2.05, 4.69) is 17.2 Å². The van der Waals surface area contributed by atoms with Crippen molar-refractivity contribution >= 4 is 16.7 Å². The van der Waals surface area contributed by atoms with E-state index in [1.807, 2.05) is 50.4 Å². The number of allylic oxidation sites excluding steroid dienone is 4. The Morgan fingerprint density at radius 1 is 1.39 bits per heavy atom. The molecule has 0 saturated carbocycles. The molecular weight excluding hydrogens is 350 g/mol. The van der Waals surface area contributed by atoms with Crippen LogP contribution in [0.25, 0.3) is 10.9 Å². The van der Waals surface area contributed by atoms with Crippen LogP contribution in [-0.2, 0) is 16.1 Å². The number of fused-ring (bicyclic) bond motifs is 1. The van der Waals surface area contributed by atoms with Crippen molar-refractivity contribution in [3.63, 3.8) is 0 Å². The normalized spacial score (nSPS) is 21.3. The van der Waals surface area contributed by atoms with E-state index in [1.54, 1.807) is 0 Å². The third-order valence-electron chi connectivity index (χ3n) is 5.53. The number of hydrogen-bond donors (Lipinski definition) is 1. The molecule has 2 heterocycles. The van der Waals surface area contributed by atoms with Gasteiger partial charge >= 0.3 is 0 Å². The minimum absolute atomic E-state index is 0.0250. The summed E-state index contributed by atoms with van der Waals surface area (Å²) in [5, 5.41) is 10.8. The maximum atomic E-state index is 13.1. The minimum atomic E-state index is -0.506. The molecule has 2 aliphatic rings. The van der Waals surface area contributed by atoms with Crippen molar-refractivity contribution in [3.05, 3.63) is 71.5 Å². The third-order valence-corrected chi connectivity index (χ3v) is 5.53. The van der Waals surface area contributed by atoms with Gasteiger partial charge in [-0.05, 0) is 17.0 Å². The number of Topliss-reactive ketones (excluding diaryl/α,β-unsaturated/α-hetero) is 1. The first-order valence-corrected chi connectivity index (χ1v) is 9.39. The van der Waals surface area contributed by atoms with Crippen molar-refractivity contribution in [2.45, 2.75) is 39.2 Å². The SMILES string of the molecule is C=CCn1cc(C2C(C#N)=C(N)OC3=C2C(=O)CC(C)(C)C3)c2ccccc21. The zero-order valence-corrected chi connectivity index (χ0v) is 16.2. The summed E-state index contributed by atoms with van der Waals surface area (Å²) in [5.74, 6) is 0.214. The quantitative estimate of drug-likeness (QED) is 0.814. The van der Waals surface area contributed by atoms with Crippen LogP contribution in [0.4, 0.5) is 0 Å². The lowest BCUT2D eigenvalue weighted by atomic mass is 9.70. The van der Waals surface area contributed by atoms with Crippen molar-refractivity contribution < 1.29 is 9.53 Å². The van der Waals surface area contributed by atoms with Gasteiger partial charge in [0.25, 0.3) is 0 Å². The van der Waals surface area contributed by atoms with Gasteiger partial charge in [-0.3, -0.25) is 4.79 Å². The van der Waals surface area contributed by atoms with Gasteiger partial charge in [0.05, 0.1) is 5.92 Å². The average Bonchev–Trinajstić information content (AvgIpc) is 2.98. The molecule has 1 aliphatic carbocycles. The highest BCUT2D eigenvalue weighted by atomic mass is 16.5. The summed E-state index contributed by atoms with van der Waals surface area (Å²) >= 11 is 0. The summed E-state index contributed by atoms with van der Waals surface area (Å²) in [6.07, 6.45) is 4.88. The summed E-state index contributed by atoms with van der Waals surface area (Å²) in [6.45, 7) is 8.56. The fourth-order valence-electron chi connectivity index (χ4n) is 4.39. The van der Waals surface area contributed by atoms with Crippen LogP contribution in [0.1, 0.15) is 38.2 Å². The topological polar surface area (TPSA) is 81.0 Å². The highest BCUT2D eigenvalue weighted by Gasteiger charge is 2.43. The van der Waals surface area contributed by atoms with Gasteiger partial charge in [-0.2, -0.15) is 5.26 Å². The van der Waals surface area contributed by atoms with Crippen LogP contribution in [0.3, 0.4) is 0 Å². The number of ketones is 1. The first kappa shape index (κ1) is 18.1. The summed E-state index contributed by atoms with van der Waals surface area (Å²) in [4.78, 5) is 13.1. The van der Waals surface area contributed by atoms with Crippen LogP contribution in [0.2, 0.25) is 0 Å². The number of nitriles is 1. The van der Waals surface area contributed by atoms with Crippen LogP contribution in [0.15, 0.2) is 65.9 Å². The van der Waals surface area contributed by atoms with Crippen molar-refractivity contribution in [1.29, 1.82) is 5.26 Å². The molecule has 0 fully saturated rings. The van der Waals surface area contributed by atoms with Gasteiger partial charge in [0.1, 0.15) is 17.4 Å². The molecule has 5 heteroatoms. The predicted molar refractivity (Wildman–Crippen MR) is 108 cm³/mol. The lowest BCUT2D eigenvalue weighted by Gasteiger charge is -2.37. The first-order chi connectivity index (χ1) is 13.4. The molecule has 1 atom stereocenters. The number of carbonyl (C=O) groups excluding carboxylic acids is 1. The van der Waals surface area contributed by atoms with Crippen LogP contribution in [0.5, 0.6) is 0 Å². The minimum Gasteiger partial charge on any atom is -0.444 e. The Labute approximate surface area is 164 Å². The first-order valence-electron chi connectivity index (χ1n) is 9.39. The Kier molecular flexibility index (Phi) is 4.15. The number of benzene rings is 1. The molecule has 1 unspecified atom stereocenters. The fraction of sp³-hybridized carbons (Fsp3) is 0.304. The monoisotopic (exact) mass is 373 g/mol. The number of hydrogen-bond acceptors (Lipinski definition) is 4. The third kappa shape index (κ3) is 2.73. The van der Waals surface area contributed by atoms with Gasteiger partial charge in [0, 0.05) is 42.1 Å². The Morgan fingerprint density at radius 2 is 2.14 bits per heavy atom. The van der Waals surface area contributed by atoms with E-state index >= 15 is 0 Å². The molecule has 4 rings (SSSR count). The summed E-state index contributed by atoms with van der Waals surface area (Å²) < 4.78 is 7.87. The number of nitrogens with two attached hydrogens (primary N) is 1. The second-order valence-electron chi connectivity index (χ2n) is 8.25. The molecule has 0 bridgehead atoms. The van der Waals surface area contributed by atoms with Crippen LogP contribution >= 0.6 is 0 Å². The van der Waals surface area contributed by atoms with Crippen molar-refractivity contribution in [3.8, 4) is 6.07 Å². The van der Waals surface area contributed by atoms with Crippen molar-refractivity contribution in [1.82, 2.24) is 4.57 Å². The lowest BCUT2D eigenvalue weighted by Crippen LogP contribution is -2.33. The van der Waals surface area contributed by atoms with Crippen molar-refractivity contribution in [2.24, 2.45) is 11.1 Å². The summed E-state index contributed by atoms with van der Waals surface area (Å²) in [7, 11) is 0. The van der Waals surface area contributed by atoms with Crippen LogP contribution in [-0.4, -0.2) is 10.4 Å². The molecule has 0 saturated heterocycles. The second kappa shape index (κ2) is 6.42. The number of rotatable bonds is 3. The molecular formula is C23H23N3O2. The Balaban J connectivity index is 1.99. The molecule has 2 aromatic rings. The molecule has 0 amide bonds. The van der Waals surface area contributed by atoms with Crippen LogP contribution < -0.4 is 5.73 Å². The van der Waals surface area contributed by atoms with E-state index in [0.29, 0.717) is 36.3 Å². The fourth-order valence-corrected chi connectivity index (χ4v) is 4.39. The summed E-state index contributed by atoms with van der Waals surface area (Å²) in [6, 6.07) is 10.2. The molecule has 2 N–H and O–H groups in total. The van der Waals surface area contributed by atoms with Gasteiger partial charge in [-0.1, -0.05) is 38.1 Å². The maximum absolute atomic E-state index is 13.1. The standard InChI is InChI=1S/C23H23N3O2/c1-4-9-26-13-16(14-7-5-6-8-17(14)26)20-15(12-24)22(25)28-19-11-23(2,3)10-18(27)21(19)20/h4-8,13,20H,1,9-11,25H2,2-3H3. The van der Waals surface area contributed by atoms with Crippen molar-refractivity contribution in [2.75, 3.05) is 0 Å². The highest BCUT2D eigenvalue weighted by molar-refractivity contribution is 6.01. The van der Waals surface area contributed by atoms with Crippen LogP contribution in [0, 0.1) is 16.7 Å².